The number of hydrogen-bond acceptors (Lipinski definition) is 1. The van der Waals surface area contributed by atoms with Crippen LogP contribution < -0.4 is 26.3 Å². The Balaban J connectivity index is 0.00000147. The van der Waals surface area contributed by atoms with E-state index in [1.165, 1.54) is 0 Å². The summed E-state index contributed by atoms with van der Waals surface area (Å²) < 4.78 is 7.46. The third kappa shape index (κ3) is 2.79. The zero-order chi connectivity index (χ0) is 13.2. The van der Waals surface area contributed by atoms with Crippen LogP contribution in [0.5, 0.6) is 5.75 Å². The normalized spacial score (nSPS) is 10.1. The van der Waals surface area contributed by atoms with Crippen molar-refractivity contribution < 1.29 is 26.3 Å². The van der Waals surface area contributed by atoms with Crippen molar-refractivity contribution in [2.24, 2.45) is 0 Å². The fourth-order valence-corrected chi connectivity index (χ4v) is 2.27. The Morgan fingerprint density at radius 1 is 1.00 bits per heavy atom. The highest BCUT2D eigenvalue weighted by Crippen LogP contribution is 2.23. The molecule has 2 nitrogen and oxygen atoms in total. The Kier molecular flexibility index (Phi) is 4.63. The van der Waals surface area contributed by atoms with Crippen LogP contribution in [0.3, 0.4) is 0 Å². The van der Waals surface area contributed by atoms with Gasteiger partial charge in [-0.3, -0.25) is 0 Å². The van der Waals surface area contributed by atoms with Crippen molar-refractivity contribution in [3.8, 4) is 11.4 Å². The molecule has 0 saturated heterocycles. The van der Waals surface area contributed by atoms with Crippen LogP contribution in [-0.4, -0.2) is 7.11 Å². The van der Waals surface area contributed by atoms with Gasteiger partial charge in [-0.15, -0.1) is 0 Å². The molecule has 0 spiro atoms. The first-order chi connectivity index (χ1) is 9.28. The maximum Gasteiger partial charge on any atom is 0.210 e. The molecular weight excluding hydrogens is 338 g/mol. The molecule has 0 fully saturated rings. The van der Waals surface area contributed by atoms with E-state index < -0.39 is 0 Å². The SMILES string of the molecule is COc1cccc2cc[n+](-c3ccc(Cl)cc3)cc12.[Br-]. The summed E-state index contributed by atoms with van der Waals surface area (Å²) in [5.41, 5.74) is 1.07. The highest BCUT2D eigenvalue weighted by Gasteiger charge is 2.09. The fraction of sp³-hybridized carbons (Fsp3) is 0.0625. The van der Waals surface area contributed by atoms with Crippen molar-refractivity contribution in [1.82, 2.24) is 0 Å². The van der Waals surface area contributed by atoms with E-state index in [4.69, 9.17) is 16.3 Å². The lowest BCUT2D eigenvalue weighted by Gasteiger charge is -2.04. The summed E-state index contributed by atoms with van der Waals surface area (Å²) in [5.74, 6) is 0.876. The van der Waals surface area contributed by atoms with E-state index >= 15 is 0 Å². The maximum absolute atomic E-state index is 5.91. The van der Waals surface area contributed by atoms with E-state index in [-0.39, 0.29) is 17.0 Å². The second-order valence-electron chi connectivity index (χ2n) is 4.29. The summed E-state index contributed by atoms with van der Waals surface area (Å²) >= 11 is 5.91. The molecule has 0 aliphatic heterocycles. The van der Waals surface area contributed by atoms with Crippen molar-refractivity contribution in [3.63, 3.8) is 0 Å². The van der Waals surface area contributed by atoms with Gasteiger partial charge in [0.05, 0.1) is 12.5 Å². The van der Waals surface area contributed by atoms with Gasteiger partial charge in [-0.2, -0.15) is 4.57 Å². The van der Waals surface area contributed by atoms with Gasteiger partial charge >= 0.3 is 0 Å². The van der Waals surface area contributed by atoms with Gasteiger partial charge in [0.25, 0.3) is 0 Å². The molecule has 0 aliphatic rings. The lowest BCUT2D eigenvalue weighted by Crippen LogP contribution is -3.00. The number of rotatable bonds is 2. The number of halogens is 2. The molecule has 0 atom stereocenters. The van der Waals surface area contributed by atoms with E-state index in [2.05, 4.69) is 22.9 Å². The Hall–Kier alpha value is -1.58. The number of hydrogen-bond donors (Lipinski definition) is 0. The first-order valence-electron chi connectivity index (χ1n) is 6.02. The minimum Gasteiger partial charge on any atom is -1.00 e. The number of ether oxygens (including phenoxy) is 1. The fourth-order valence-electron chi connectivity index (χ4n) is 2.14. The Morgan fingerprint density at radius 3 is 2.45 bits per heavy atom. The molecular formula is C16H13BrClNO. The third-order valence-corrected chi connectivity index (χ3v) is 3.38. The van der Waals surface area contributed by atoms with Gasteiger partial charge in [-0.25, -0.2) is 0 Å². The van der Waals surface area contributed by atoms with Crippen molar-refractivity contribution in [3.05, 3.63) is 65.9 Å². The van der Waals surface area contributed by atoms with Crippen LogP contribution in [0.4, 0.5) is 0 Å². The van der Waals surface area contributed by atoms with Gasteiger partial charge in [0.2, 0.25) is 5.69 Å². The topological polar surface area (TPSA) is 13.1 Å². The van der Waals surface area contributed by atoms with E-state index in [9.17, 15) is 0 Å². The summed E-state index contributed by atoms with van der Waals surface area (Å²) in [7, 11) is 1.69. The quantitative estimate of drug-likeness (QED) is 0.623. The molecule has 0 radical (unpaired) electrons. The highest BCUT2D eigenvalue weighted by molar-refractivity contribution is 6.30. The molecule has 0 saturated carbocycles. The van der Waals surface area contributed by atoms with Gasteiger partial charge in [0.15, 0.2) is 12.4 Å². The Bertz CT molecular complexity index is 728. The summed E-state index contributed by atoms with van der Waals surface area (Å²) in [6, 6.07) is 15.9. The second-order valence-corrected chi connectivity index (χ2v) is 4.73. The zero-order valence-electron chi connectivity index (χ0n) is 10.9. The average Bonchev–Trinajstić information content (AvgIpc) is 2.47. The van der Waals surface area contributed by atoms with Crippen molar-refractivity contribution in [2.75, 3.05) is 7.11 Å². The number of nitrogens with zero attached hydrogens (tertiary/aromatic N) is 1. The lowest BCUT2D eigenvalue weighted by atomic mass is 10.1. The minimum absolute atomic E-state index is 0. The van der Waals surface area contributed by atoms with E-state index in [0.717, 1.165) is 27.2 Å². The van der Waals surface area contributed by atoms with Gasteiger partial charge < -0.3 is 21.7 Å². The van der Waals surface area contributed by atoms with E-state index in [1.807, 2.05) is 42.6 Å². The van der Waals surface area contributed by atoms with Crippen LogP contribution in [0, 0.1) is 0 Å². The van der Waals surface area contributed by atoms with Crippen LogP contribution >= 0.6 is 11.6 Å². The predicted molar refractivity (Wildman–Crippen MR) is 77.0 cm³/mol. The second kappa shape index (κ2) is 6.25. The molecule has 3 aromatic rings. The van der Waals surface area contributed by atoms with Crippen LogP contribution in [-0.2, 0) is 0 Å². The first-order valence-corrected chi connectivity index (χ1v) is 6.40. The zero-order valence-corrected chi connectivity index (χ0v) is 13.2. The number of pyridine rings is 1. The van der Waals surface area contributed by atoms with Gasteiger partial charge in [-0.1, -0.05) is 23.7 Å². The third-order valence-electron chi connectivity index (χ3n) is 3.13. The molecule has 2 aromatic carbocycles. The smallest absolute Gasteiger partial charge is 0.210 e. The standard InChI is InChI=1S/C16H13ClNO.BrH/c1-19-16-4-2-3-12-9-10-18(11-15(12)16)14-7-5-13(17)6-8-14;/h2-11H,1H3;1H/q+1;/p-1. The molecule has 0 N–H and O–H groups in total. The summed E-state index contributed by atoms with van der Waals surface area (Å²) in [6.07, 6.45) is 4.10. The molecule has 1 aromatic heterocycles. The molecule has 3 rings (SSSR count). The van der Waals surface area contributed by atoms with Gasteiger partial charge in [0, 0.05) is 23.2 Å². The van der Waals surface area contributed by atoms with Crippen LogP contribution in [0.2, 0.25) is 5.02 Å². The van der Waals surface area contributed by atoms with Crippen LogP contribution in [0.25, 0.3) is 16.5 Å². The molecule has 4 heteroatoms. The lowest BCUT2D eigenvalue weighted by molar-refractivity contribution is -0.594. The highest BCUT2D eigenvalue weighted by atomic mass is 79.9. The monoisotopic (exact) mass is 349 g/mol. The Labute approximate surface area is 133 Å². The van der Waals surface area contributed by atoms with E-state index in [0.29, 0.717) is 0 Å². The molecule has 0 amide bonds. The van der Waals surface area contributed by atoms with Crippen molar-refractivity contribution in [1.29, 1.82) is 0 Å². The van der Waals surface area contributed by atoms with Crippen LogP contribution in [0.15, 0.2) is 60.9 Å². The summed E-state index contributed by atoms with van der Waals surface area (Å²) in [5, 5.41) is 2.98. The van der Waals surface area contributed by atoms with Gasteiger partial charge in [-0.05, 0) is 23.6 Å². The summed E-state index contributed by atoms with van der Waals surface area (Å²) in [4.78, 5) is 0. The molecule has 20 heavy (non-hydrogen) atoms. The van der Waals surface area contributed by atoms with Crippen molar-refractivity contribution in [2.45, 2.75) is 0 Å². The number of methoxy groups -OCH3 is 1. The number of aromatic nitrogens is 1. The number of fused-ring (bicyclic) bond motifs is 1. The average molecular weight is 351 g/mol. The summed E-state index contributed by atoms with van der Waals surface area (Å²) in [6.45, 7) is 0. The Morgan fingerprint density at radius 2 is 1.75 bits per heavy atom. The molecule has 102 valence electrons. The van der Waals surface area contributed by atoms with E-state index in [1.54, 1.807) is 7.11 Å². The van der Waals surface area contributed by atoms with Crippen LogP contribution in [0.1, 0.15) is 0 Å². The molecule has 0 aliphatic carbocycles. The maximum atomic E-state index is 5.91. The molecule has 0 unspecified atom stereocenters. The first kappa shape index (κ1) is 14.8. The predicted octanol–water partition coefficient (Wildman–Crippen LogP) is 0.782. The van der Waals surface area contributed by atoms with Crippen molar-refractivity contribution >= 4 is 22.4 Å². The molecule has 1 heterocycles. The molecule has 0 bridgehead atoms. The minimum atomic E-state index is 0. The van der Waals surface area contributed by atoms with Gasteiger partial charge in [0.1, 0.15) is 5.75 Å². The largest absolute Gasteiger partial charge is 1.00 e. The number of benzene rings is 2.